The maximum Gasteiger partial charge on any atom is 0.278 e. The summed E-state index contributed by atoms with van der Waals surface area (Å²) in [6, 6.07) is 9.60. The highest BCUT2D eigenvalue weighted by atomic mass is 16.1. The summed E-state index contributed by atoms with van der Waals surface area (Å²) >= 11 is 0. The third kappa shape index (κ3) is 3.83. The van der Waals surface area contributed by atoms with Crippen LogP contribution in [-0.2, 0) is 19.5 Å². The van der Waals surface area contributed by atoms with Gasteiger partial charge in [-0.3, -0.25) is 14.6 Å². The lowest BCUT2D eigenvalue weighted by atomic mass is 10.0. The van der Waals surface area contributed by atoms with E-state index in [1.54, 1.807) is 29.1 Å². The quantitative estimate of drug-likeness (QED) is 0.350. The second-order valence-corrected chi connectivity index (χ2v) is 7.91. The monoisotopic (exact) mass is 441 g/mol. The van der Waals surface area contributed by atoms with Crippen LogP contribution in [0.5, 0.6) is 0 Å². The number of anilines is 2. The largest absolute Gasteiger partial charge is 0.324 e. The molecule has 0 saturated heterocycles. The summed E-state index contributed by atoms with van der Waals surface area (Å²) in [4.78, 5) is 38.1. The number of allylic oxidation sites excluding steroid dienone is 1. The van der Waals surface area contributed by atoms with Crippen molar-refractivity contribution in [1.82, 2.24) is 29.6 Å². The van der Waals surface area contributed by atoms with Crippen molar-refractivity contribution in [3.8, 4) is 5.69 Å². The van der Waals surface area contributed by atoms with Crippen molar-refractivity contribution in [2.75, 3.05) is 11.9 Å². The third-order valence-electron chi connectivity index (χ3n) is 5.68. The Morgan fingerprint density at radius 3 is 2.94 bits per heavy atom. The summed E-state index contributed by atoms with van der Waals surface area (Å²) in [6.07, 6.45) is 5.71. The molecule has 4 aromatic rings. The van der Waals surface area contributed by atoms with E-state index in [1.807, 2.05) is 6.07 Å². The summed E-state index contributed by atoms with van der Waals surface area (Å²) < 4.78 is 3.19. The van der Waals surface area contributed by atoms with E-state index in [9.17, 15) is 9.59 Å². The molecule has 5 rings (SSSR count). The van der Waals surface area contributed by atoms with E-state index >= 15 is 0 Å². The van der Waals surface area contributed by atoms with Gasteiger partial charge in [0.25, 0.3) is 5.56 Å². The van der Waals surface area contributed by atoms with Crippen molar-refractivity contribution in [3.05, 3.63) is 82.6 Å². The molecule has 33 heavy (non-hydrogen) atoms. The fourth-order valence-electron chi connectivity index (χ4n) is 4.07. The minimum Gasteiger partial charge on any atom is -0.324 e. The van der Waals surface area contributed by atoms with Crippen molar-refractivity contribution in [2.24, 2.45) is 0 Å². The second kappa shape index (κ2) is 8.44. The van der Waals surface area contributed by atoms with Crippen LogP contribution in [0, 0.1) is 0 Å². The van der Waals surface area contributed by atoms with E-state index in [-0.39, 0.29) is 17.9 Å². The number of aromatic nitrogens is 5. The summed E-state index contributed by atoms with van der Waals surface area (Å²) in [5, 5.41) is 7.01. The normalized spacial score (nSPS) is 13.0. The van der Waals surface area contributed by atoms with Gasteiger partial charge in [-0.1, -0.05) is 12.1 Å². The molecule has 0 unspecified atom stereocenters. The summed E-state index contributed by atoms with van der Waals surface area (Å²) in [6.45, 7) is 7.30. The van der Waals surface area contributed by atoms with Crippen molar-refractivity contribution in [2.45, 2.75) is 26.4 Å². The van der Waals surface area contributed by atoms with Gasteiger partial charge in [-0.25, -0.2) is 14.3 Å². The van der Waals surface area contributed by atoms with Gasteiger partial charge in [0.15, 0.2) is 11.4 Å². The van der Waals surface area contributed by atoms with Crippen molar-refractivity contribution in [1.29, 1.82) is 0 Å². The van der Waals surface area contributed by atoms with Gasteiger partial charge in [0.2, 0.25) is 5.95 Å². The Bertz CT molecular complexity index is 1450. The van der Waals surface area contributed by atoms with E-state index in [1.165, 1.54) is 28.9 Å². The van der Waals surface area contributed by atoms with Gasteiger partial charge < -0.3 is 10.6 Å². The molecule has 166 valence electrons. The Hall–Kier alpha value is -4.11. The predicted molar refractivity (Wildman–Crippen MR) is 126 cm³/mol. The number of Topliss-reactive ketones (excluding diaryl/α,β-unsaturated/α-hetero) is 1. The molecule has 0 radical (unpaired) electrons. The minimum atomic E-state index is -0.238. The number of carbonyl (C=O) groups is 1. The summed E-state index contributed by atoms with van der Waals surface area (Å²) in [5.41, 5.74) is 4.56. The number of hydrogen-bond donors (Lipinski definition) is 2. The van der Waals surface area contributed by atoms with Crippen LogP contribution >= 0.6 is 0 Å². The Morgan fingerprint density at radius 1 is 1.24 bits per heavy atom. The van der Waals surface area contributed by atoms with Gasteiger partial charge in [-0.15, -0.1) is 6.58 Å². The molecule has 0 aliphatic carbocycles. The lowest BCUT2D eigenvalue weighted by Crippen LogP contribution is -2.23. The van der Waals surface area contributed by atoms with Gasteiger partial charge in [0, 0.05) is 31.5 Å². The highest BCUT2D eigenvalue weighted by Crippen LogP contribution is 2.23. The number of fused-ring (bicyclic) bond motifs is 2. The van der Waals surface area contributed by atoms with Crippen LogP contribution in [0.4, 0.5) is 11.6 Å². The molecule has 0 fully saturated rings. The van der Waals surface area contributed by atoms with Gasteiger partial charge >= 0.3 is 0 Å². The molecule has 2 N–H and O–H groups in total. The average molecular weight is 441 g/mol. The molecular weight excluding hydrogens is 418 g/mol. The first-order valence-corrected chi connectivity index (χ1v) is 10.7. The maximum atomic E-state index is 13.1. The second-order valence-electron chi connectivity index (χ2n) is 7.91. The molecule has 9 heteroatoms. The Kier molecular flexibility index (Phi) is 5.31. The van der Waals surface area contributed by atoms with Crippen LogP contribution in [-0.4, -0.2) is 36.6 Å². The number of nitrogens with zero attached hydrogens (tertiary/aromatic N) is 5. The van der Waals surface area contributed by atoms with Crippen LogP contribution in [0.3, 0.4) is 0 Å². The highest BCUT2D eigenvalue weighted by molar-refractivity contribution is 5.92. The zero-order valence-electron chi connectivity index (χ0n) is 18.2. The summed E-state index contributed by atoms with van der Waals surface area (Å²) in [5.74, 6) is 0.210. The molecular formula is C24H23N7O2. The average Bonchev–Trinajstić information content (AvgIpc) is 3.10. The molecule has 4 heterocycles. The topological polar surface area (TPSA) is 107 Å². The molecule has 1 aliphatic rings. The predicted octanol–water partition coefficient (Wildman–Crippen LogP) is 2.76. The van der Waals surface area contributed by atoms with E-state index in [2.05, 4.69) is 44.3 Å². The fourth-order valence-corrected chi connectivity index (χ4v) is 4.07. The SMILES string of the molecule is C=CCn1c(=O)c2cnc(Nc3ccc4c(c3)CNCC4)nc2n1-c1ccnc(C(C)=O)c1. The lowest BCUT2D eigenvalue weighted by molar-refractivity contribution is 0.101. The van der Waals surface area contributed by atoms with Crippen molar-refractivity contribution < 1.29 is 4.79 Å². The van der Waals surface area contributed by atoms with E-state index in [4.69, 9.17) is 0 Å². The number of carbonyl (C=O) groups excluding carboxylic acids is 1. The highest BCUT2D eigenvalue weighted by Gasteiger charge is 2.18. The number of rotatable bonds is 6. The van der Waals surface area contributed by atoms with E-state index in [0.717, 1.165) is 25.2 Å². The first kappa shape index (κ1) is 20.8. The standard InChI is InChI=1S/C24H23N7O2/c1-3-10-30-23(33)20-14-27-24(28-18-5-4-16-6-8-25-13-17(16)11-18)29-22(20)31(30)19-7-9-26-21(12-19)15(2)32/h3-5,7,9,11-12,14,25H,1,6,8,10,13H2,2H3,(H,27,28,29). The summed E-state index contributed by atoms with van der Waals surface area (Å²) in [7, 11) is 0. The lowest BCUT2D eigenvalue weighted by Gasteiger charge is -2.18. The van der Waals surface area contributed by atoms with Gasteiger partial charge in [-0.2, -0.15) is 4.98 Å². The molecule has 0 spiro atoms. The molecule has 0 atom stereocenters. The number of hydrogen-bond acceptors (Lipinski definition) is 7. The number of ketones is 1. The molecule has 9 nitrogen and oxygen atoms in total. The first-order valence-electron chi connectivity index (χ1n) is 10.7. The smallest absolute Gasteiger partial charge is 0.278 e. The number of benzene rings is 1. The zero-order valence-corrected chi connectivity index (χ0v) is 18.2. The van der Waals surface area contributed by atoms with Crippen LogP contribution in [0.1, 0.15) is 28.5 Å². The van der Waals surface area contributed by atoms with E-state index < -0.39 is 0 Å². The minimum absolute atomic E-state index is 0.162. The Morgan fingerprint density at radius 2 is 2.12 bits per heavy atom. The molecule has 0 bridgehead atoms. The van der Waals surface area contributed by atoms with Gasteiger partial charge in [-0.05, 0) is 48.4 Å². The Labute approximate surface area is 189 Å². The molecule has 0 amide bonds. The third-order valence-corrected chi connectivity index (χ3v) is 5.68. The van der Waals surface area contributed by atoms with Crippen molar-refractivity contribution >= 4 is 28.5 Å². The van der Waals surface area contributed by atoms with E-state index in [0.29, 0.717) is 28.4 Å². The first-order chi connectivity index (χ1) is 16.0. The zero-order chi connectivity index (χ0) is 22.9. The fraction of sp³-hybridized carbons (Fsp3) is 0.208. The number of nitrogens with one attached hydrogen (secondary N) is 2. The van der Waals surface area contributed by atoms with Crippen molar-refractivity contribution in [3.63, 3.8) is 0 Å². The molecule has 1 aliphatic heterocycles. The van der Waals surface area contributed by atoms with Gasteiger partial charge in [0.05, 0.1) is 12.2 Å². The number of pyridine rings is 1. The van der Waals surface area contributed by atoms with Crippen LogP contribution in [0.2, 0.25) is 0 Å². The molecule has 0 saturated carbocycles. The van der Waals surface area contributed by atoms with Gasteiger partial charge in [0.1, 0.15) is 11.1 Å². The molecule has 1 aromatic carbocycles. The van der Waals surface area contributed by atoms with Crippen LogP contribution in [0.15, 0.2) is 60.2 Å². The van der Waals surface area contributed by atoms with Crippen LogP contribution < -0.4 is 16.2 Å². The maximum absolute atomic E-state index is 13.1. The molecule has 3 aromatic heterocycles. The Balaban J connectivity index is 1.62. The van der Waals surface area contributed by atoms with Crippen LogP contribution in [0.25, 0.3) is 16.7 Å².